The highest BCUT2D eigenvalue weighted by Gasteiger charge is 2.26. The summed E-state index contributed by atoms with van der Waals surface area (Å²) in [5.41, 5.74) is 4.04. The molecular formula is C16H19N3S. The van der Waals surface area contributed by atoms with Gasteiger partial charge in [-0.25, -0.2) is 4.98 Å². The minimum absolute atomic E-state index is 0.607. The third kappa shape index (κ3) is 1.95. The molecule has 104 valence electrons. The molecule has 0 saturated carbocycles. The number of anilines is 1. The molecule has 1 aliphatic heterocycles. The fourth-order valence-electron chi connectivity index (χ4n) is 3.21. The smallest absolute Gasteiger partial charge is 0.186 e. The Hall–Kier alpha value is -1.39. The lowest BCUT2D eigenvalue weighted by Gasteiger charge is -2.26. The van der Waals surface area contributed by atoms with Gasteiger partial charge >= 0.3 is 0 Å². The van der Waals surface area contributed by atoms with Crippen LogP contribution in [0.25, 0.3) is 11.3 Å². The summed E-state index contributed by atoms with van der Waals surface area (Å²) in [5.74, 6) is 0.607. The van der Waals surface area contributed by atoms with Gasteiger partial charge in [-0.05, 0) is 17.9 Å². The zero-order valence-electron chi connectivity index (χ0n) is 11.7. The van der Waals surface area contributed by atoms with E-state index in [0.717, 1.165) is 32.6 Å². The molecular weight excluding hydrogens is 266 g/mol. The van der Waals surface area contributed by atoms with E-state index in [4.69, 9.17) is 4.98 Å². The summed E-state index contributed by atoms with van der Waals surface area (Å²) in [6, 6.07) is 8.76. The van der Waals surface area contributed by atoms with E-state index in [1.54, 1.807) is 0 Å². The molecule has 1 N–H and O–H groups in total. The molecule has 20 heavy (non-hydrogen) atoms. The monoisotopic (exact) mass is 285 g/mol. The van der Waals surface area contributed by atoms with E-state index in [1.807, 2.05) is 11.3 Å². The van der Waals surface area contributed by atoms with Gasteiger partial charge in [0.05, 0.1) is 5.69 Å². The van der Waals surface area contributed by atoms with Crippen LogP contribution in [0.4, 0.5) is 5.13 Å². The van der Waals surface area contributed by atoms with Crippen molar-refractivity contribution in [3.63, 3.8) is 0 Å². The van der Waals surface area contributed by atoms with Crippen LogP contribution in [0, 0.1) is 0 Å². The molecule has 1 aromatic heterocycles. The first kappa shape index (κ1) is 12.4. The molecule has 1 aliphatic carbocycles. The summed E-state index contributed by atoms with van der Waals surface area (Å²) in [4.78, 5) is 8.85. The fourth-order valence-corrected chi connectivity index (χ4v) is 4.46. The van der Waals surface area contributed by atoms with Crippen molar-refractivity contribution in [3.8, 4) is 11.3 Å². The normalized spacial score (nSPS) is 21.4. The average molecular weight is 285 g/mol. The minimum Gasteiger partial charge on any atom is -0.346 e. The summed E-state index contributed by atoms with van der Waals surface area (Å²) in [6.07, 6.45) is 1.14. The third-order valence-corrected chi connectivity index (χ3v) is 5.45. The number of piperazine rings is 1. The first-order chi connectivity index (χ1) is 9.83. The molecule has 2 heterocycles. The lowest BCUT2D eigenvalue weighted by atomic mass is 9.86. The molecule has 1 aromatic carbocycles. The lowest BCUT2D eigenvalue weighted by Crippen LogP contribution is -2.43. The average Bonchev–Trinajstić information content (AvgIpc) is 2.93. The zero-order chi connectivity index (χ0) is 13.5. The number of hydrogen-bond donors (Lipinski definition) is 1. The van der Waals surface area contributed by atoms with Crippen LogP contribution in [0.15, 0.2) is 24.3 Å². The minimum atomic E-state index is 0.607. The summed E-state index contributed by atoms with van der Waals surface area (Å²) >= 11 is 1.90. The van der Waals surface area contributed by atoms with Gasteiger partial charge in [0, 0.05) is 36.6 Å². The van der Waals surface area contributed by atoms with Crippen LogP contribution in [0.1, 0.15) is 23.3 Å². The first-order valence-corrected chi connectivity index (χ1v) is 8.19. The van der Waals surface area contributed by atoms with Crippen LogP contribution < -0.4 is 10.2 Å². The Balaban J connectivity index is 1.76. The molecule has 1 unspecified atom stereocenters. The number of hydrogen-bond acceptors (Lipinski definition) is 4. The third-order valence-electron chi connectivity index (χ3n) is 4.31. The number of rotatable bonds is 1. The van der Waals surface area contributed by atoms with E-state index in [0.29, 0.717) is 5.92 Å². The summed E-state index contributed by atoms with van der Waals surface area (Å²) in [5, 5.41) is 4.61. The standard InChI is InChI=1S/C16H19N3S/c1-11-10-14-15(13-5-3-2-4-12(11)13)18-16(20-14)19-8-6-17-7-9-19/h2-5,11,17H,6-10H2,1H3. The molecule has 3 nitrogen and oxygen atoms in total. The van der Waals surface area contributed by atoms with E-state index in [-0.39, 0.29) is 0 Å². The molecule has 0 spiro atoms. The molecule has 4 heteroatoms. The molecule has 0 bridgehead atoms. The van der Waals surface area contributed by atoms with E-state index in [2.05, 4.69) is 41.4 Å². The van der Waals surface area contributed by atoms with Gasteiger partial charge in [0.15, 0.2) is 5.13 Å². The maximum Gasteiger partial charge on any atom is 0.186 e. The Morgan fingerprint density at radius 3 is 2.90 bits per heavy atom. The van der Waals surface area contributed by atoms with Gasteiger partial charge in [0.2, 0.25) is 0 Å². The van der Waals surface area contributed by atoms with Gasteiger partial charge < -0.3 is 10.2 Å². The second kappa shape index (κ2) is 4.86. The molecule has 4 rings (SSSR count). The van der Waals surface area contributed by atoms with Crippen LogP contribution in [0.5, 0.6) is 0 Å². The maximum atomic E-state index is 4.97. The summed E-state index contributed by atoms with van der Waals surface area (Å²) in [6.45, 7) is 6.60. The van der Waals surface area contributed by atoms with E-state index < -0.39 is 0 Å². The van der Waals surface area contributed by atoms with Gasteiger partial charge in [0.25, 0.3) is 0 Å². The Bertz CT molecular complexity index is 628. The van der Waals surface area contributed by atoms with Crippen LogP contribution in [0.2, 0.25) is 0 Å². The summed E-state index contributed by atoms with van der Waals surface area (Å²) in [7, 11) is 0. The Morgan fingerprint density at radius 2 is 2.05 bits per heavy atom. The van der Waals surface area contributed by atoms with Crippen molar-refractivity contribution >= 4 is 16.5 Å². The van der Waals surface area contributed by atoms with Gasteiger partial charge in [-0.15, -0.1) is 11.3 Å². The zero-order valence-corrected chi connectivity index (χ0v) is 12.5. The van der Waals surface area contributed by atoms with Crippen LogP contribution in [-0.4, -0.2) is 31.2 Å². The number of nitrogens with zero attached hydrogens (tertiary/aromatic N) is 2. The first-order valence-electron chi connectivity index (χ1n) is 7.37. The highest BCUT2D eigenvalue weighted by Crippen LogP contribution is 2.43. The van der Waals surface area contributed by atoms with Gasteiger partial charge in [0.1, 0.15) is 0 Å². The molecule has 2 aromatic rings. The van der Waals surface area contributed by atoms with Crippen molar-refractivity contribution in [2.75, 3.05) is 31.1 Å². The largest absolute Gasteiger partial charge is 0.346 e. The number of fused-ring (bicyclic) bond motifs is 3. The maximum absolute atomic E-state index is 4.97. The molecule has 1 atom stereocenters. The molecule has 0 radical (unpaired) electrons. The van der Waals surface area contributed by atoms with Crippen LogP contribution in [0.3, 0.4) is 0 Å². The topological polar surface area (TPSA) is 28.2 Å². The molecule has 2 aliphatic rings. The highest BCUT2D eigenvalue weighted by atomic mass is 32.1. The van der Waals surface area contributed by atoms with Crippen molar-refractivity contribution in [1.29, 1.82) is 0 Å². The highest BCUT2D eigenvalue weighted by molar-refractivity contribution is 7.16. The van der Waals surface area contributed by atoms with E-state index in [9.17, 15) is 0 Å². The number of benzene rings is 1. The van der Waals surface area contributed by atoms with Crippen LogP contribution in [-0.2, 0) is 6.42 Å². The number of aromatic nitrogens is 1. The van der Waals surface area contributed by atoms with E-state index in [1.165, 1.54) is 26.8 Å². The van der Waals surface area contributed by atoms with Crippen molar-refractivity contribution in [2.24, 2.45) is 0 Å². The van der Waals surface area contributed by atoms with Crippen molar-refractivity contribution in [1.82, 2.24) is 10.3 Å². The Kier molecular flexibility index (Phi) is 3.00. The number of thiazole rings is 1. The van der Waals surface area contributed by atoms with Crippen molar-refractivity contribution in [3.05, 3.63) is 34.7 Å². The quantitative estimate of drug-likeness (QED) is 0.873. The van der Waals surface area contributed by atoms with Gasteiger partial charge in [-0.2, -0.15) is 0 Å². The molecule has 1 saturated heterocycles. The van der Waals surface area contributed by atoms with Crippen LogP contribution >= 0.6 is 11.3 Å². The SMILES string of the molecule is CC1Cc2sc(N3CCNCC3)nc2-c2ccccc21. The Morgan fingerprint density at radius 1 is 1.25 bits per heavy atom. The molecule has 1 fully saturated rings. The van der Waals surface area contributed by atoms with Gasteiger partial charge in [-0.1, -0.05) is 31.2 Å². The number of nitrogens with one attached hydrogen (secondary N) is 1. The van der Waals surface area contributed by atoms with Gasteiger partial charge in [-0.3, -0.25) is 0 Å². The lowest BCUT2D eigenvalue weighted by molar-refractivity contribution is 0.588. The molecule has 0 amide bonds. The van der Waals surface area contributed by atoms with Crippen molar-refractivity contribution < 1.29 is 0 Å². The summed E-state index contributed by atoms with van der Waals surface area (Å²) < 4.78 is 0. The van der Waals surface area contributed by atoms with E-state index >= 15 is 0 Å². The second-order valence-electron chi connectivity index (χ2n) is 5.70. The predicted octanol–water partition coefficient (Wildman–Crippen LogP) is 2.88. The van der Waals surface area contributed by atoms with Crippen molar-refractivity contribution in [2.45, 2.75) is 19.3 Å². The fraction of sp³-hybridized carbons (Fsp3) is 0.438. The second-order valence-corrected chi connectivity index (χ2v) is 6.76. The Labute approximate surface area is 123 Å². The predicted molar refractivity (Wildman–Crippen MR) is 84.8 cm³/mol.